The molecule has 1 saturated carbocycles. The van der Waals surface area contributed by atoms with Crippen molar-refractivity contribution in [3.8, 4) is 5.75 Å². The van der Waals surface area contributed by atoms with Crippen molar-refractivity contribution in [3.05, 3.63) is 60.2 Å². The van der Waals surface area contributed by atoms with Gasteiger partial charge in [0.15, 0.2) is 0 Å². The summed E-state index contributed by atoms with van der Waals surface area (Å²) < 4.78 is 5.15. The third-order valence-electron chi connectivity index (χ3n) is 3.46. The smallest absolute Gasteiger partial charge is 0.410 e. The summed E-state index contributed by atoms with van der Waals surface area (Å²) in [5.41, 5.74) is 1.53. The lowest BCUT2D eigenvalue weighted by molar-refractivity contribution is -0.120. The first-order chi connectivity index (χ1) is 11.2. The molecule has 5 nitrogen and oxygen atoms in total. The summed E-state index contributed by atoms with van der Waals surface area (Å²) >= 11 is 0. The van der Waals surface area contributed by atoms with Crippen LogP contribution in [0, 0.1) is 0 Å². The van der Waals surface area contributed by atoms with Gasteiger partial charge in [-0.3, -0.25) is 10.1 Å². The standard InChI is InChI=1S/C18H18N2O3/c21-17(19-14-10-11-14)12-13-6-8-15(9-7-13)20-18(22)23-16-4-2-1-3-5-16/h1-9,14H,10-12H2,(H,19,21)(H,20,22). The van der Waals surface area contributed by atoms with Gasteiger partial charge in [0.25, 0.3) is 0 Å². The molecular weight excluding hydrogens is 292 g/mol. The van der Waals surface area contributed by atoms with E-state index in [9.17, 15) is 9.59 Å². The van der Waals surface area contributed by atoms with Crippen molar-refractivity contribution in [2.45, 2.75) is 25.3 Å². The zero-order valence-corrected chi connectivity index (χ0v) is 12.6. The van der Waals surface area contributed by atoms with Crippen LogP contribution in [-0.2, 0) is 11.2 Å². The Morgan fingerprint density at radius 3 is 2.35 bits per heavy atom. The molecular formula is C18H18N2O3. The van der Waals surface area contributed by atoms with Crippen molar-refractivity contribution in [1.82, 2.24) is 5.32 Å². The van der Waals surface area contributed by atoms with Crippen LogP contribution in [0.3, 0.4) is 0 Å². The van der Waals surface area contributed by atoms with Crippen LogP contribution >= 0.6 is 0 Å². The Kier molecular flexibility index (Phi) is 4.57. The maximum absolute atomic E-state index is 11.8. The molecule has 0 atom stereocenters. The molecule has 0 bridgehead atoms. The zero-order chi connectivity index (χ0) is 16.1. The number of rotatable bonds is 5. The van der Waals surface area contributed by atoms with E-state index in [4.69, 9.17) is 4.74 Å². The fourth-order valence-corrected chi connectivity index (χ4v) is 2.14. The second-order valence-corrected chi connectivity index (χ2v) is 5.54. The number of carbonyl (C=O) groups is 2. The van der Waals surface area contributed by atoms with Crippen molar-refractivity contribution in [3.63, 3.8) is 0 Å². The van der Waals surface area contributed by atoms with Gasteiger partial charge in [0.2, 0.25) is 5.91 Å². The van der Waals surface area contributed by atoms with Gasteiger partial charge in [0.05, 0.1) is 6.42 Å². The Morgan fingerprint density at radius 1 is 1.00 bits per heavy atom. The lowest BCUT2D eigenvalue weighted by Gasteiger charge is -2.08. The predicted octanol–water partition coefficient (Wildman–Crippen LogP) is 3.12. The molecule has 3 rings (SSSR count). The van der Waals surface area contributed by atoms with Gasteiger partial charge in [-0.05, 0) is 42.7 Å². The van der Waals surface area contributed by atoms with Gasteiger partial charge in [0.1, 0.15) is 5.75 Å². The number of benzene rings is 2. The van der Waals surface area contributed by atoms with E-state index in [1.54, 1.807) is 36.4 Å². The predicted molar refractivity (Wildman–Crippen MR) is 87.4 cm³/mol. The van der Waals surface area contributed by atoms with Crippen LogP contribution in [0.5, 0.6) is 5.75 Å². The van der Waals surface area contributed by atoms with E-state index in [0.717, 1.165) is 18.4 Å². The Bertz CT molecular complexity index is 679. The highest BCUT2D eigenvalue weighted by molar-refractivity contribution is 5.86. The first-order valence-electron chi connectivity index (χ1n) is 7.61. The summed E-state index contributed by atoms with van der Waals surface area (Å²) in [6.45, 7) is 0. The van der Waals surface area contributed by atoms with Crippen molar-refractivity contribution >= 4 is 17.7 Å². The summed E-state index contributed by atoms with van der Waals surface area (Å²) in [5, 5.41) is 5.60. The first kappa shape index (κ1) is 15.1. The van der Waals surface area contributed by atoms with Crippen LogP contribution in [0.1, 0.15) is 18.4 Å². The molecule has 0 saturated heterocycles. The van der Waals surface area contributed by atoms with Gasteiger partial charge in [-0.15, -0.1) is 0 Å². The van der Waals surface area contributed by atoms with Crippen LogP contribution in [-0.4, -0.2) is 18.0 Å². The van der Waals surface area contributed by atoms with Crippen LogP contribution in [0.25, 0.3) is 0 Å². The summed E-state index contributed by atoms with van der Waals surface area (Å²) in [4.78, 5) is 23.5. The van der Waals surface area contributed by atoms with Crippen LogP contribution < -0.4 is 15.4 Å². The molecule has 5 heteroatoms. The highest BCUT2D eigenvalue weighted by Gasteiger charge is 2.22. The number of carbonyl (C=O) groups excluding carboxylic acids is 2. The minimum absolute atomic E-state index is 0.0386. The van der Waals surface area contributed by atoms with E-state index < -0.39 is 6.09 Å². The average Bonchev–Trinajstić information content (AvgIpc) is 3.34. The minimum Gasteiger partial charge on any atom is -0.410 e. The molecule has 0 aliphatic heterocycles. The molecule has 0 spiro atoms. The number of amides is 2. The Labute approximate surface area is 134 Å². The molecule has 1 fully saturated rings. The lowest BCUT2D eigenvalue weighted by atomic mass is 10.1. The molecule has 0 aromatic heterocycles. The number of nitrogens with one attached hydrogen (secondary N) is 2. The number of para-hydroxylation sites is 1. The van der Waals surface area contributed by atoms with E-state index in [-0.39, 0.29) is 5.91 Å². The minimum atomic E-state index is -0.546. The Balaban J connectivity index is 1.50. The molecule has 1 aliphatic rings. The number of anilines is 1. The molecule has 2 aromatic rings. The van der Waals surface area contributed by atoms with Crippen molar-refractivity contribution < 1.29 is 14.3 Å². The SMILES string of the molecule is O=C(Cc1ccc(NC(=O)Oc2ccccc2)cc1)NC1CC1. The highest BCUT2D eigenvalue weighted by atomic mass is 16.6. The van der Waals surface area contributed by atoms with E-state index >= 15 is 0 Å². The van der Waals surface area contributed by atoms with Crippen molar-refractivity contribution in [2.24, 2.45) is 0 Å². The second-order valence-electron chi connectivity index (χ2n) is 5.54. The van der Waals surface area contributed by atoms with E-state index in [1.165, 1.54) is 0 Å². The number of hydrogen-bond donors (Lipinski definition) is 2. The Hall–Kier alpha value is -2.82. The molecule has 0 unspecified atom stereocenters. The summed E-state index contributed by atoms with van der Waals surface area (Å²) in [7, 11) is 0. The molecule has 0 radical (unpaired) electrons. The molecule has 2 amide bonds. The van der Waals surface area contributed by atoms with Crippen LogP contribution in [0.15, 0.2) is 54.6 Å². The summed E-state index contributed by atoms with van der Waals surface area (Å²) in [5.74, 6) is 0.523. The second kappa shape index (κ2) is 6.96. The molecule has 0 heterocycles. The quantitative estimate of drug-likeness (QED) is 0.891. The summed E-state index contributed by atoms with van der Waals surface area (Å²) in [6.07, 6.45) is 1.97. The van der Waals surface area contributed by atoms with E-state index in [2.05, 4.69) is 10.6 Å². The Morgan fingerprint density at radius 2 is 1.70 bits per heavy atom. The van der Waals surface area contributed by atoms with Gasteiger partial charge in [-0.2, -0.15) is 0 Å². The third-order valence-corrected chi connectivity index (χ3v) is 3.46. The normalized spacial score (nSPS) is 13.2. The number of hydrogen-bond acceptors (Lipinski definition) is 3. The highest BCUT2D eigenvalue weighted by Crippen LogP contribution is 2.19. The molecule has 2 N–H and O–H groups in total. The van der Waals surface area contributed by atoms with E-state index in [1.807, 2.05) is 18.2 Å². The van der Waals surface area contributed by atoms with Crippen LogP contribution in [0.4, 0.5) is 10.5 Å². The fourth-order valence-electron chi connectivity index (χ4n) is 2.14. The van der Waals surface area contributed by atoms with Gasteiger partial charge in [-0.1, -0.05) is 30.3 Å². The molecule has 2 aromatic carbocycles. The number of ether oxygens (including phenoxy) is 1. The molecule has 23 heavy (non-hydrogen) atoms. The lowest BCUT2D eigenvalue weighted by Crippen LogP contribution is -2.26. The van der Waals surface area contributed by atoms with Gasteiger partial charge in [-0.25, -0.2) is 4.79 Å². The van der Waals surface area contributed by atoms with Gasteiger partial charge >= 0.3 is 6.09 Å². The monoisotopic (exact) mass is 310 g/mol. The molecule has 1 aliphatic carbocycles. The van der Waals surface area contributed by atoms with Crippen LogP contribution in [0.2, 0.25) is 0 Å². The third kappa shape index (κ3) is 4.85. The van der Waals surface area contributed by atoms with Gasteiger partial charge in [0, 0.05) is 11.7 Å². The fraction of sp³-hybridized carbons (Fsp3) is 0.222. The summed E-state index contributed by atoms with van der Waals surface area (Å²) in [6, 6.07) is 16.4. The van der Waals surface area contributed by atoms with Crippen molar-refractivity contribution in [2.75, 3.05) is 5.32 Å². The maximum atomic E-state index is 11.8. The largest absolute Gasteiger partial charge is 0.417 e. The van der Waals surface area contributed by atoms with Gasteiger partial charge < -0.3 is 10.1 Å². The average molecular weight is 310 g/mol. The first-order valence-corrected chi connectivity index (χ1v) is 7.61. The van der Waals surface area contributed by atoms with Crippen molar-refractivity contribution in [1.29, 1.82) is 0 Å². The molecule has 118 valence electrons. The van der Waals surface area contributed by atoms with E-state index in [0.29, 0.717) is 23.9 Å². The topological polar surface area (TPSA) is 67.4 Å². The maximum Gasteiger partial charge on any atom is 0.417 e. The zero-order valence-electron chi connectivity index (χ0n) is 12.6.